The lowest BCUT2D eigenvalue weighted by Gasteiger charge is -1.99. The van der Waals surface area contributed by atoms with Gasteiger partial charge in [0.15, 0.2) is 4.96 Å². The summed E-state index contributed by atoms with van der Waals surface area (Å²) in [5.74, 6) is 0.519. The molecule has 0 bridgehead atoms. The van der Waals surface area contributed by atoms with Crippen LogP contribution in [0.3, 0.4) is 0 Å². The van der Waals surface area contributed by atoms with Gasteiger partial charge in [-0.25, -0.2) is 4.98 Å². The number of hydrogen-bond acceptors (Lipinski definition) is 4. The third-order valence-corrected chi connectivity index (χ3v) is 3.73. The maximum absolute atomic E-state index is 11.8. The van der Waals surface area contributed by atoms with Crippen LogP contribution in [0.2, 0.25) is 0 Å². The summed E-state index contributed by atoms with van der Waals surface area (Å²) in [7, 11) is 0. The monoisotopic (exact) mass is 255 g/mol. The number of nitrogens with zero attached hydrogens (tertiary/aromatic N) is 2. The van der Waals surface area contributed by atoms with E-state index in [0.717, 1.165) is 5.69 Å². The van der Waals surface area contributed by atoms with Gasteiger partial charge in [0.05, 0.1) is 5.69 Å². The minimum absolute atomic E-state index is 0.0602. The molecule has 4 N–H and O–H groups in total. The zero-order chi connectivity index (χ0) is 11.7. The van der Waals surface area contributed by atoms with Crippen molar-refractivity contribution < 1.29 is 5.41 Å². The molecule has 0 spiro atoms. The molecule has 0 aliphatic rings. The highest BCUT2D eigenvalue weighted by molar-refractivity contribution is 8.12. The Hall–Kier alpha value is -1.34. The fourth-order valence-corrected chi connectivity index (χ4v) is 2.69. The highest BCUT2D eigenvalue weighted by Gasteiger charge is 2.07. The van der Waals surface area contributed by atoms with Gasteiger partial charge in [-0.2, -0.15) is 0 Å². The van der Waals surface area contributed by atoms with Crippen molar-refractivity contribution in [2.24, 2.45) is 5.73 Å². The summed E-state index contributed by atoms with van der Waals surface area (Å²) in [5, 5.41) is 7.53. The SMILES string of the molecule is Cc1csc2nc(CSC(N)=[NH2+])cc(=O)n12. The van der Waals surface area contributed by atoms with Crippen LogP contribution >= 0.6 is 23.1 Å². The Bertz CT molecular complexity index is 601. The standard InChI is InChI=1S/C9H10N4OS2/c1-5-3-16-9-12-6(4-15-8(10)11)2-7(14)13(5)9/h2-3H,4H2,1H3,(H3,10,11)/p+1. The largest absolute Gasteiger partial charge is 0.300 e. The predicted molar refractivity (Wildman–Crippen MR) is 66.5 cm³/mol. The average molecular weight is 255 g/mol. The van der Waals surface area contributed by atoms with Crippen LogP contribution in [0, 0.1) is 6.92 Å². The highest BCUT2D eigenvalue weighted by atomic mass is 32.2. The van der Waals surface area contributed by atoms with Gasteiger partial charge in [0.1, 0.15) is 0 Å². The number of thiazole rings is 1. The van der Waals surface area contributed by atoms with Gasteiger partial charge < -0.3 is 0 Å². The van der Waals surface area contributed by atoms with Crippen molar-refractivity contribution >= 4 is 33.2 Å². The molecular weight excluding hydrogens is 244 g/mol. The number of fused-ring (bicyclic) bond motifs is 1. The molecule has 0 atom stereocenters. The first-order valence-electron chi connectivity index (χ1n) is 4.55. The first kappa shape index (κ1) is 11.2. The maximum Gasteiger partial charge on any atom is 0.300 e. The van der Waals surface area contributed by atoms with Crippen LogP contribution in [0.4, 0.5) is 0 Å². The normalized spacial score (nSPS) is 10.8. The molecule has 16 heavy (non-hydrogen) atoms. The molecule has 0 aromatic carbocycles. The lowest BCUT2D eigenvalue weighted by molar-refractivity contribution is -0.110. The highest BCUT2D eigenvalue weighted by Crippen LogP contribution is 2.13. The summed E-state index contributed by atoms with van der Waals surface area (Å²) < 4.78 is 1.59. The molecule has 5 nitrogen and oxygen atoms in total. The molecule has 0 amide bonds. The Morgan fingerprint density at radius 1 is 1.75 bits per heavy atom. The van der Waals surface area contributed by atoms with Gasteiger partial charge in [-0.15, -0.1) is 11.3 Å². The predicted octanol–water partition coefficient (Wildman–Crippen LogP) is -0.629. The van der Waals surface area contributed by atoms with Crippen molar-refractivity contribution in [2.75, 3.05) is 0 Å². The molecule has 2 rings (SSSR count). The summed E-state index contributed by atoms with van der Waals surface area (Å²) in [6, 6.07) is 1.52. The molecule has 7 heteroatoms. The van der Waals surface area contributed by atoms with Crippen molar-refractivity contribution in [3.63, 3.8) is 0 Å². The molecule has 2 aromatic rings. The fourth-order valence-electron chi connectivity index (χ4n) is 1.33. The first-order valence-corrected chi connectivity index (χ1v) is 6.42. The number of nitrogens with two attached hydrogens (primary N) is 2. The van der Waals surface area contributed by atoms with Gasteiger partial charge in [0, 0.05) is 22.9 Å². The Morgan fingerprint density at radius 2 is 2.50 bits per heavy atom. The summed E-state index contributed by atoms with van der Waals surface area (Å²) in [6.45, 7) is 1.88. The van der Waals surface area contributed by atoms with E-state index in [1.807, 2.05) is 12.3 Å². The van der Waals surface area contributed by atoms with Crippen LogP contribution in [0.15, 0.2) is 16.2 Å². The third-order valence-electron chi connectivity index (χ3n) is 2.02. The molecule has 0 saturated carbocycles. The number of hydrogen-bond donors (Lipinski definition) is 2. The van der Waals surface area contributed by atoms with Crippen LogP contribution in [0.5, 0.6) is 0 Å². The van der Waals surface area contributed by atoms with Crippen LogP contribution in [0.25, 0.3) is 4.96 Å². The van der Waals surface area contributed by atoms with Crippen LogP contribution in [-0.4, -0.2) is 14.6 Å². The second-order valence-corrected chi connectivity index (χ2v) is 5.16. The fraction of sp³-hybridized carbons (Fsp3) is 0.222. The van der Waals surface area contributed by atoms with E-state index in [-0.39, 0.29) is 10.7 Å². The van der Waals surface area contributed by atoms with Gasteiger partial charge >= 0.3 is 0 Å². The first-order chi connectivity index (χ1) is 7.58. The molecule has 0 radical (unpaired) electrons. The van der Waals surface area contributed by atoms with E-state index in [1.54, 1.807) is 4.40 Å². The summed E-state index contributed by atoms with van der Waals surface area (Å²) in [4.78, 5) is 16.8. The molecule has 84 valence electrons. The smallest absolute Gasteiger partial charge is 0.282 e. The van der Waals surface area contributed by atoms with Crippen molar-refractivity contribution in [3.05, 3.63) is 33.2 Å². The topological polar surface area (TPSA) is 86.0 Å². The summed E-state index contributed by atoms with van der Waals surface area (Å²) in [5.41, 5.74) is 6.89. The summed E-state index contributed by atoms with van der Waals surface area (Å²) >= 11 is 2.72. The van der Waals surface area contributed by atoms with Gasteiger partial charge in [0.2, 0.25) is 0 Å². The van der Waals surface area contributed by atoms with Crippen LogP contribution in [0.1, 0.15) is 11.4 Å². The molecule has 0 saturated heterocycles. The summed E-state index contributed by atoms with van der Waals surface area (Å²) in [6.07, 6.45) is 0. The molecule has 0 aliphatic carbocycles. The molecular formula is C9H11N4OS2+. The van der Waals surface area contributed by atoms with E-state index in [2.05, 4.69) is 4.98 Å². The third kappa shape index (κ3) is 2.10. The van der Waals surface area contributed by atoms with E-state index < -0.39 is 0 Å². The van der Waals surface area contributed by atoms with Crippen molar-refractivity contribution in [1.82, 2.24) is 9.38 Å². The Labute approximate surface area is 99.8 Å². The number of thioether (sulfide) groups is 1. The molecule has 2 heterocycles. The average Bonchev–Trinajstić information content (AvgIpc) is 2.58. The van der Waals surface area contributed by atoms with Gasteiger partial charge in [0.25, 0.3) is 10.7 Å². The lowest BCUT2D eigenvalue weighted by Crippen LogP contribution is -2.43. The van der Waals surface area contributed by atoms with E-state index in [0.29, 0.717) is 16.4 Å². The quantitative estimate of drug-likeness (QED) is 0.553. The Balaban J connectivity index is 2.43. The Morgan fingerprint density at radius 3 is 3.19 bits per heavy atom. The number of amidine groups is 1. The van der Waals surface area contributed by atoms with Crippen LogP contribution < -0.4 is 16.7 Å². The second-order valence-electron chi connectivity index (χ2n) is 3.27. The van der Waals surface area contributed by atoms with Gasteiger partial charge in [-0.3, -0.25) is 20.3 Å². The zero-order valence-corrected chi connectivity index (χ0v) is 10.3. The van der Waals surface area contributed by atoms with Crippen LogP contribution in [-0.2, 0) is 5.75 Å². The number of rotatable bonds is 2. The molecule has 0 aliphatic heterocycles. The number of aromatic nitrogens is 2. The number of aryl methyl sites for hydroxylation is 1. The minimum atomic E-state index is -0.0602. The van der Waals surface area contributed by atoms with Crippen molar-refractivity contribution in [2.45, 2.75) is 12.7 Å². The molecule has 0 fully saturated rings. The minimum Gasteiger partial charge on any atom is -0.282 e. The Kier molecular flexibility index (Phi) is 2.97. The maximum atomic E-state index is 11.8. The second kappa shape index (κ2) is 4.26. The van der Waals surface area contributed by atoms with E-state index in [1.165, 1.54) is 29.2 Å². The van der Waals surface area contributed by atoms with Gasteiger partial charge in [-0.1, -0.05) is 0 Å². The van der Waals surface area contributed by atoms with E-state index in [9.17, 15) is 4.79 Å². The van der Waals surface area contributed by atoms with Gasteiger partial charge in [-0.05, 0) is 18.7 Å². The van der Waals surface area contributed by atoms with E-state index in [4.69, 9.17) is 11.1 Å². The zero-order valence-electron chi connectivity index (χ0n) is 8.64. The van der Waals surface area contributed by atoms with Crippen molar-refractivity contribution in [1.29, 1.82) is 0 Å². The van der Waals surface area contributed by atoms with Crippen molar-refractivity contribution in [3.8, 4) is 0 Å². The van der Waals surface area contributed by atoms with E-state index >= 15 is 0 Å². The lowest BCUT2D eigenvalue weighted by atomic mass is 10.4. The molecule has 2 aromatic heterocycles. The molecule has 0 unspecified atom stereocenters.